The summed E-state index contributed by atoms with van der Waals surface area (Å²) in [7, 11) is 1.66. The van der Waals surface area contributed by atoms with E-state index in [1.807, 2.05) is 0 Å². The smallest absolute Gasteiger partial charge is 0.0897 e. The van der Waals surface area contributed by atoms with Gasteiger partial charge in [0, 0.05) is 26.8 Å². The Morgan fingerprint density at radius 2 is 2.00 bits per heavy atom. The number of ether oxygens (including phenoxy) is 2. The molecule has 0 aliphatic carbocycles. The van der Waals surface area contributed by atoms with Crippen molar-refractivity contribution in [1.29, 1.82) is 0 Å². The van der Waals surface area contributed by atoms with Crippen LogP contribution in [0.2, 0.25) is 0 Å². The summed E-state index contributed by atoms with van der Waals surface area (Å²) in [5, 5.41) is 12.6. The Balaban J connectivity index is 3.08. The maximum absolute atomic E-state index is 9.52. The van der Waals surface area contributed by atoms with Crippen LogP contribution in [-0.2, 0) is 9.47 Å². The predicted octanol–water partition coefficient (Wildman–Crippen LogP) is 1.18. The highest BCUT2D eigenvalue weighted by molar-refractivity contribution is 4.57. The van der Waals surface area contributed by atoms with Crippen molar-refractivity contribution in [2.75, 3.05) is 40.0 Å². The molecule has 16 heavy (non-hydrogen) atoms. The van der Waals surface area contributed by atoms with Crippen LogP contribution in [0.3, 0.4) is 0 Å². The summed E-state index contributed by atoms with van der Waals surface area (Å²) < 4.78 is 10.3. The van der Waals surface area contributed by atoms with E-state index in [9.17, 15) is 5.11 Å². The van der Waals surface area contributed by atoms with Crippen molar-refractivity contribution in [2.45, 2.75) is 38.7 Å². The summed E-state index contributed by atoms with van der Waals surface area (Å²) in [4.78, 5) is 0. The van der Waals surface area contributed by atoms with Crippen molar-refractivity contribution in [2.24, 2.45) is 0 Å². The molecular weight excluding hydrogens is 206 g/mol. The SMILES string of the molecule is CCCCCCOCC(O)CNCCOC. The van der Waals surface area contributed by atoms with Crippen LogP contribution in [0.4, 0.5) is 0 Å². The number of rotatable bonds is 12. The molecule has 2 N–H and O–H groups in total. The van der Waals surface area contributed by atoms with Gasteiger partial charge in [-0.3, -0.25) is 0 Å². The predicted molar refractivity (Wildman–Crippen MR) is 65.7 cm³/mol. The summed E-state index contributed by atoms with van der Waals surface area (Å²) in [5.41, 5.74) is 0. The molecule has 0 radical (unpaired) electrons. The molecular formula is C12H27NO3. The number of aliphatic hydroxyl groups is 1. The zero-order valence-electron chi connectivity index (χ0n) is 10.7. The Labute approximate surface area is 99.3 Å². The molecule has 0 heterocycles. The molecule has 4 heteroatoms. The molecule has 0 fully saturated rings. The van der Waals surface area contributed by atoms with Gasteiger partial charge in [-0.1, -0.05) is 26.2 Å². The zero-order chi connectivity index (χ0) is 12.1. The van der Waals surface area contributed by atoms with Crippen molar-refractivity contribution in [3.8, 4) is 0 Å². The van der Waals surface area contributed by atoms with Crippen LogP contribution in [0.1, 0.15) is 32.6 Å². The van der Waals surface area contributed by atoms with Gasteiger partial charge in [-0.2, -0.15) is 0 Å². The Morgan fingerprint density at radius 1 is 1.19 bits per heavy atom. The van der Waals surface area contributed by atoms with Gasteiger partial charge in [-0.05, 0) is 6.42 Å². The van der Waals surface area contributed by atoms with Crippen LogP contribution in [0.25, 0.3) is 0 Å². The maximum atomic E-state index is 9.52. The third-order valence-electron chi connectivity index (χ3n) is 2.32. The fraction of sp³-hybridized carbons (Fsp3) is 1.00. The lowest BCUT2D eigenvalue weighted by molar-refractivity contribution is 0.0347. The lowest BCUT2D eigenvalue weighted by atomic mass is 10.2. The molecule has 0 aromatic rings. The average Bonchev–Trinajstić information content (AvgIpc) is 2.29. The van der Waals surface area contributed by atoms with Crippen molar-refractivity contribution < 1.29 is 14.6 Å². The van der Waals surface area contributed by atoms with E-state index in [0.717, 1.165) is 19.6 Å². The normalized spacial score (nSPS) is 12.9. The molecule has 4 nitrogen and oxygen atoms in total. The first kappa shape index (κ1) is 15.8. The minimum Gasteiger partial charge on any atom is -0.389 e. The minimum atomic E-state index is -0.414. The van der Waals surface area contributed by atoms with Gasteiger partial charge in [0.25, 0.3) is 0 Å². The molecule has 0 rings (SSSR count). The Kier molecular flexibility index (Phi) is 12.8. The molecule has 0 aromatic carbocycles. The van der Waals surface area contributed by atoms with E-state index in [2.05, 4.69) is 12.2 Å². The number of hydrogen-bond acceptors (Lipinski definition) is 4. The van der Waals surface area contributed by atoms with Crippen molar-refractivity contribution >= 4 is 0 Å². The topological polar surface area (TPSA) is 50.7 Å². The number of nitrogens with one attached hydrogen (secondary N) is 1. The second-order valence-corrected chi connectivity index (χ2v) is 3.99. The number of unbranched alkanes of at least 4 members (excludes halogenated alkanes) is 3. The fourth-order valence-corrected chi connectivity index (χ4v) is 1.35. The van der Waals surface area contributed by atoms with E-state index in [-0.39, 0.29) is 0 Å². The molecule has 0 amide bonds. The molecule has 0 bridgehead atoms. The molecule has 0 spiro atoms. The Morgan fingerprint density at radius 3 is 2.69 bits per heavy atom. The quantitative estimate of drug-likeness (QED) is 0.497. The Hall–Kier alpha value is -0.160. The van der Waals surface area contributed by atoms with Crippen molar-refractivity contribution in [3.05, 3.63) is 0 Å². The first-order chi connectivity index (χ1) is 7.81. The molecule has 0 saturated carbocycles. The molecule has 0 aliphatic rings. The monoisotopic (exact) mass is 233 g/mol. The highest BCUT2D eigenvalue weighted by Gasteiger charge is 2.02. The van der Waals surface area contributed by atoms with E-state index in [1.165, 1.54) is 19.3 Å². The van der Waals surface area contributed by atoms with Crippen LogP contribution in [0.5, 0.6) is 0 Å². The standard InChI is InChI=1S/C12H27NO3/c1-3-4-5-6-8-16-11-12(14)10-13-7-9-15-2/h12-14H,3-11H2,1-2H3. The zero-order valence-corrected chi connectivity index (χ0v) is 10.7. The number of aliphatic hydroxyl groups excluding tert-OH is 1. The van der Waals surface area contributed by atoms with Gasteiger partial charge in [0.15, 0.2) is 0 Å². The van der Waals surface area contributed by atoms with Gasteiger partial charge in [0.05, 0.1) is 19.3 Å². The second-order valence-electron chi connectivity index (χ2n) is 3.99. The highest BCUT2D eigenvalue weighted by atomic mass is 16.5. The number of hydrogen-bond donors (Lipinski definition) is 2. The van der Waals surface area contributed by atoms with E-state index in [4.69, 9.17) is 9.47 Å². The lowest BCUT2D eigenvalue weighted by Crippen LogP contribution is -2.32. The number of methoxy groups -OCH3 is 1. The van der Waals surface area contributed by atoms with Gasteiger partial charge < -0.3 is 19.9 Å². The summed E-state index contributed by atoms with van der Waals surface area (Å²) in [6.45, 7) is 5.38. The molecule has 0 saturated heterocycles. The van der Waals surface area contributed by atoms with Crippen LogP contribution < -0.4 is 5.32 Å². The minimum absolute atomic E-state index is 0.414. The molecule has 0 aromatic heterocycles. The van der Waals surface area contributed by atoms with Gasteiger partial charge in [-0.15, -0.1) is 0 Å². The average molecular weight is 233 g/mol. The third-order valence-corrected chi connectivity index (χ3v) is 2.32. The van der Waals surface area contributed by atoms with Gasteiger partial charge >= 0.3 is 0 Å². The molecule has 0 aliphatic heterocycles. The van der Waals surface area contributed by atoms with Gasteiger partial charge in [0.1, 0.15) is 0 Å². The highest BCUT2D eigenvalue weighted by Crippen LogP contribution is 1.99. The largest absolute Gasteiger partial charge is 0.389 e. The van der Waals surface area contributed by atoms with E-state index >= 15 is 0 Å². The molecule has 1 unspecified atom stereocenters. The van der Waals surface area contributed by atoms with Crippen LogP contribution in [0, 0.1) is 0 Å². The van der Waals surface area contributed by atoms with E-state index in [1.54, 1.807) is 7.11 Å². The van der Waals surface area contributed by atoms with Crippen LogP contribution in [-0.4, -0.2) is 51.2 Å². The summed E-state index contributed by atoms with van der Waals surface area (Å²) in [6, 6.07) is 0. The van der Waals surface area contributed by atoms with Gasteiger partial charge in [0.2, 0.25) is 0 Å². The molecule has 1 atom stereocenters. The lowest BCUT2D eigenvalue weighted by Gasteiger charge is -2.12. The Bertz CT molecular complexity index is 133. The molecule has 98 valence electrons. The van der Waals surface area contributed by atoms with E-state index < -0.39 is 6.10 Å². The van der Waals surface area contributed by atoms with E-state index in [0.29, 0.717) is 19.8 Å². The van der Waals surface area contributed by atoms with Crippen LogP contribution in [0.15, 0.2) is 0 Å². The van der Waals surface area contributed by atoms with Crippen molar-refractivity contribution in [3.63, 3.8) is 0 Å². The second kappa shape index (κ2) is 12.9. The maximum Gasteiger partial charge on any atom is 0.0897 e. The fourth-order valence-electron chi connectivity index (χ4n) is 1.35. The first-order valence-electron chi connectivity index (χ1n) is 6.26. The third kappa shape index (κ3) is 11.9. The van der Waals surface area contributed by atoms with Crippen LogP contribution >= 0.6 is 0 Å². The first-order valence-corrected chi connectivity index (χ1v) is 6.26. The summed E-state index contributed by atoms with van der Waals surface area (Å²) in [5.74, 6) is 0. The summed E-state index contributed by atoms with van der Waals surface area (Å²) >= 11 is 0. The summed E-state index contributed by atoms with van der Waals surface area (Å²) in [6.07, 6.45) is 4.41. The van der Waals surface area contributed by atoms with Gasteiger partial charge in [-0.25, -0.2) is 0 Å². The van der Waals surface area contributed by atoms with Crippen molar-refractivity contribution in [1.82, 2.24) is 5.32 Å².